The quantitative estimate of drug-likeness (QED) is 0.718. The fourth-order valence-electron chi connectivity index (χ4n) is 1.34. The number of rotatable bonds is 1. The van der Waals surface area contributed by atoms with E-state index < -0.39 is 0 Å². The highest BCUT2D eigenvalue weighted by atomic mass is 35.5. The molecule has 0 aliphatic heterocycles. The summed E-state index contributed by atoms with van der Waals surface area (Å²) in [4.78, 5) is 4.14. The molecule has 0 saturated carbocycles. The summed E-state index contributed by atoms with van der Waals surface area (Å²) in [5.74, 6) is 0. The molecule has 0 unspecified atom stereocenters. The van der Waals surface area contributed by atoms with E-state index in [-0.39, 0.29) is 0 Å². The number of aromatic nitrogens is 1. The minimum Gasteiger partial charge on any atom is -0.255 e. The molecular weight excluding hydrogens is 279 g/mol. The summed E-state index contributed by atoms with van der Waals surface area (Å²) in [5, 5.41) is 9.74. The molecular formula is C12H5Cl3N2. The van der Waals surface area contributed by atoms with Crippen LogP contribution < -0.4 is 0 Å². The Kier molecular flexibility index (Phi) is 3.54. The fourth-order valence-corrected chi connectivity index (χ4v) is 1.98. The van der Waals surface area contributed by atoms with Gasteiger partial charge in [-0.1, -0.05) is 34.8 Å². The van der Waals surface area contributed by atoms with E-state index >= 15 is 0 Å². The summed E-state index contributed by atoms with van der Waals surface area (Å²) >= 11 is 17.9. The van der Waals surface area contributed by atoms with Crippen molar-refractivity contribution in [2.45, 2.75) is 0 Å². The Hall–Kier alpha value is -1.27. The first kappa shape index (κ1) is 12.2. The van der Waals surface area contributed by atoms with E-state index in [9.17, 15) is 0 Å². The van der Waals surface area contributed by atoms with Gasteiger partial charge in [-0.05, 0) is 24.3 Å². The second-order valence-electron chi connectivity index (χ2n) is 3.27. The minimum absolute atomic E-state index is 0.303. The first-order chi connectivity index (χ1) is 8.13. The molecule has 84 valence electrons. The molecule has 0 fully saturated rings. The fraction of sp³-hybridized carbons (Fsp3) is 0. The average molecular weight is 284 g/mol. The van der Waals surface area contributed by atoms with Crippen LogP contribution in [0.15, 0.2) is 30.5 Å². The number of benzene rings is 1. The van der Waals surface area contributed by atoms with E-state index in [1.807, 2.05) is 6.07 Å². The van der Waals surface area contributed by atoms with Gasteiger partial charge in [0.2, 0.25) is 0 Å². The number of pyridine rings is 1. The summed E-state index contributed by atoms with van der Waals surface area (Å²) in [7, 11) is 0. The highest BCUT2D eigenvalue weighted by Crippen LogP contribution is 2.37. The zero-order valence-electron chi connectivity index (χ0n) is 8.42. The third kappa shape index (κ3) is 2.37. The lowest BCUT2D eigenvalue weighted by atomic mass is 10.1. The van der Waals surface area contributed by atoms with E-state index in [0.717, 1.165) is 0 Å². The van der Waals surface area contributed by atoms with Crippen LogP contribution in [0.1, 0.15) is 5.56 Å². The molecule has 0 bridgehead atoms. The third-order valence-corrected chi connectivity index (χ3v) is 3.50. The van der Waals surface area contributed by atoms with Gasteiger partial charge in [0.25, 0.3) is 0 Å². The van der Waals surface area contributed by atoms with Crippen molar-refractivity contribution in [3.05, 3.63) is 51.1 Å². The smallest absolute Gasteiger partial charge is 0.101 e. The van der Waals surface area contributed by atoms with Crippen molar-refractivity contribution in [1.82, 2.24) is 4.98 Å². The summed E-state index contributed by atoms with van der Waals surface area (Å²) < 4.78 is 0. The summed E-state index contributed by atoms with van der Waals surface area (Å²) in [6, 6.07) is 8.78. The van der Waals surface area contributed by atoms with Crippen LogP contribution in [0.25, 0.3) is 11.3 Å². The summed E-state index contributed by atoms with van der Waals surface area (Å²) in [6.07, 6.45) is 1.48. The molecule has 0 radical (unpaired) electrons. The normalized spacial score (nSPS) is 10.0. The lowest BCUT2D eigenvalue weighted by molar-refractivity contribution is 1.30. The topological polar surface area (TPSA) is 36.7 Å². The van der Waals surface area contributed by atoms with Crippen molar-refractivity contribution in [1.29, 1.82) is 5.26 Å². The number of hydrogen-bond acceptors (Lipinski definition) is 2. The SMILES string of the molecule is N#Cc1ccc(-c2ccc(Cl)c(Cl)c2Cl)nc1. The van der Waals surface area contributed by atoms with Crippen LogP contribution in [0.2, 0.25) is 15.1 Å². The van der Waals surface area contributed by atoms with Crippen LogP contribution in [0.4, 0.5) is 0 Å². The molecule has 5 heteroatoms. The molecule has 0 aliphatic rings. The van der Waals surface area contributed by atoms with Crippen LogP contribution in [0, 0.1) is 11.3 Å². The predicted octanol–water partition coefficient (Wildman–Crippen LogP) is 4.58. The maximum Gasteiger partial charge on any atom is 0.101 e. The maximum absolute atomic E-state index is 8.68. The molecule has 1 aromatic heterocycles. The van der Waals surface area contributed by atoms with Crippen molar-refractivity contribution in [3.63, 3.8) is 0 Å². The predicted molar refractivity (Wildman–Crippen MR) is 69.4 cm³/mol. The average Bonchev–Trinajstić information content (AvgIpc) is 2.36. The van der Waals surface area contributed by atoms with E-state index in [2.05, 4.69) is 4.98 Å². The van der Waals surface area contributed by atoms with Gasteiger partial charge in [-0.3, -0.25) is 4.98 Å². The molecule has 0 N–H and O–H groups in total. The Morgan fingerprint density at radius 2 is 1.76 bits per heavy atom. The summed E-state index contributed by atoms with van der Waals surface area (Å²) in [5.41, 5.74) is 1.82. The molecule has 2 nitrogen and oxygen atoms in total. The molecule has 0 spiro atoms. The van der Waals surface area contributed by atoms with Crippen molar-refractivity contribution in [3.8, 4) is 17.3 Å². The monoisotopic (exact) mass is 282 g/mol. The molecule has 0 amide bonds. The van der Waals surface area contributed by atoms with Crippen LogP contribution in [0.3, 0.4) is 0 Å². The van der Waals surface area contributed by atoms with Gasteiger partial charge in [0.05, 0.1) is 26.3 Å². The molecule has 1 heterocycles. The molecule has 2 aromatic rings. The number of nitrogens with zero attached hydrogens (tertiary/aromatic N) is 2. The molecule has 0 atom stereocenters. The van der Waals surface area contributed by atoms with Crippen molar-refractivity contribution in [2.24, 2.45) is 0 Å². The Bertz CT molecular complexity index is 600. The Balaban J connectivity index is 2.54. The van der Waals surface area contributed by atoms with Gasteiger partial charge in [-0.25, -0.2) is 0 Å². The second kappa shape index (κ2) is 4.93. The van der Waals surface area contributed by atoms with E-state index in [1.165, 1.54) is 6.20 Å². The second-order valence-corrected chi connectivity index (χ2v) is 4.43. The molecule has 0 saturated heterocycles. The maximum atomic E-state index is 8.68. The van der Waals surface area contributed by atoms with Gasteiger partial charge in [-0.15, -0.1) is 0 Å². The zero-order valence-corrected chi connectivity index (χ0v) is 10.7. The van der Waals surface area contributed by atoms with Crippen LogP contribution in [-0.2, 0) is 0 Å². The number of nitriles is 1. The van der Waals surface area contributed by atoms with Gasteiger partial charge in [0, 0.05) is 11.8 Å². The number of halogens is 3. The van der Waals surface area contributed by atoms with Crippen LogP contribution in [0.5, 0.6) is 0 Å². The largest absolute Gasteiger partial charge is 0.255 e. The lowest BCUT2D eigenvalue weighted by Gasteiger charge is -2.06. The standard InChI is InChI=1S/C12H5Cl3N2/c13-9-3-2-8(11(14)12(9)15)10-4-1-7(5-16)6-17-10/h1-4,6H. The molecule has 2 rings (SSSR count). The van der Waals surface area contributed by atoms with Gasteiger partial charge < -0.3 is 0 Å². The van der Waals surface area contributed by atoms with Crippen LogP contribution >= 0.6 is 34.8 Å². The van der Waals surface area contributed by atoms with E-state index in [0.29, 0.717) is 31.9 Å². The van der Waals surface area contributed by atoms with Gasteiger partial charge in [-0.2, -0.15) is 5.26 Å². The Morgan fingerprint density at radius 3 is 2.35 bits per heavy atom. The first-order valence-corrected chi connectivity index (χ1v) is 5.77. The van der Waals surface area contributed by atoms with Crippen molar-refractivity contribution in [2.75, 3.05) is 0 Å². The minimum atomic E-state index is 0.303. The molecule has 0 aliphatic carbocycles. The highest BCUT2D eigenvalue weighted by molar-refractivity contribution is 6.49. The summed E-state index contributed by atoms with van der Waals surface area (Å²) in [6.45, 7) is 0. The third-order valence-electron chi connectivity index (χ3n) is 2.20. The highest BCUT2D eigenvalue weighted by Gasteiger charge is 2.11. The van der Waals surface area contributed by atoms with E-state index in [1.54, 1.807) is 24.3 Å². The zero-order chi connectivity index (χ0) is 12.4. The Labute approximate surface area is 113 Å². The Morgan fingerprint density at radius 1 is 1.00 bits per heavy atom. The van der Waals surface area contributed by atoms with Gasteiger partial charge in [0.1, 0.15) is 6.07 Å². The molecule has 1 aromatic carbocycles. The molecule has 17 heavy (non-hydrogen) atoms. The van der Waals surface area contributed by atoms with Crippen molar-refractivity contribution < 1.29 is 0 Å². The van der Waals surface area contributed by atoms with Gasteiger partial charge >= 0.3 is 0 Å². The number of hydrogen-bond donors (Lipinski definition) is 0. The van der Waals surface area contributed by atoms with Crippen LogP contribution in [-0.4, -0.2) is 4.98 Å². The van der Waals surface area contributed by atoms with Gasteiger partial charge in [0.15, 0.2) is 0 Å². The van der Waals surface area contributed by atoms with E-state index in [4.69, 9.17) is 40.1 Å². The van der Waals surface area contributed by atoms with Crippen molar-refractivity contribution >= 4 is 34.8 Å². The lowest BCUT2D eigenvalue weighted by Crippen LogP contribution is -1.86. The first-order valence-electron chi connectivity index (χ1n) is 4.63.